The molecule has 0 N–H and O–H groups in total. The highest BCUT2D eigenvalue weighted by Gasteiger charge is 2.26. The largest absolute Gasteiger partial charge is 0.353 e. The molecule has 7 heteroatoms. The summed E-state index contributed by atoms with van der Waals surface area (Å²) in [7, 11) is 0. The Morgan fingerprint density at radius 2 is 1.64 bits per heavy atom. The first kappa shape index (κ1) is 16.0. The van der Waals surface area contributed by atoms with Crippen LogP contribution in [0.5, 0.6) is 0 Å². The Hall–Kier alpha value is -2.54. The van der Waals surface area contributed by atoms with Crippen LogP contribution >= 0.6 is 0 Å². The van der Waals surface area contributed by atoms with Gasteiger partial charge in [0.1, 0.15) is 0 Å². The Bertz CT molecular complexity index is 884. The quantitative estimate of drug-likeness (QED) is 0.726. The van der Waals surface area contributed by atoms with Crippen LogP contribution in [-0.2, 0) is 0 Å². The summed E-state index contributed by atoms with van der Waals surface area (Å²) in [6.07, 6.45) is 0. The molecule has 3 aromatic rings. The van der Waals surface area contributed by atoms with E-state index in [1.165, 1.54) is 0 Å². The van der Waals surface area contributed by atoms with Crippen molar-refractivity contribution in [2.24, 2.45) is 0 Å². The highest BCUT2D eigenvalue weighted by molar-refractivity contribution is 5.76. The van der Waals surface area contributed by atoms with Crippen molar-refractivity contribution in [1.82, 2.24) is 25.0 Å². The lowest BCUT2D eigenvalue weighted by atomic mass is 10.2. The van der Waals surface area contributed by atoms with Gasteiger partial charge in [0.05, 0.1) is 22.8 Å². The summed E-state index contributed by atoms with van der Waals surface area (Å²) < 4.78 is 5.32. The zero-order valence-corrected chi connectivity index (χ0v) is 14.8. The maximum Gasteiger partial charge on any atom is 0.243 e. The van der Waals surface area contributed by atoms with Crippen LogP contribution in [0.1, 0.15) is 30.4 Å². The monoisotopic (exact) mass is 338 g/mol. The zero-order valence-electron chi connectivity index (χ0n) is 14.8. The predicted octanol–water partition coefficient (Wildman–Crippen LogP) is 2.51. The molecule has 0 spiro atoms. The van der Waals surface area contributed by atoms with Crippen LogP contribution in [0, 0.1) is 13.8 Å². The molecule has 4 rings (SSSR count). The van der Waals surface area contributed by atoms with Gasteiger partial charge in [0, 0.05) is 26.2 Å². The van der Waals surface area contributed by atoms with Crippen molar-refractivity contribution in [3.05, 3.63) is 41.7 Å². The molecule has 1 aliphatic heterocycles. The van der Waals surface area contributed by atoms with Crippen LogP contribution in [0.25, 0.3) is 11.0 Å². The molecule has 130 valence electrons. The number of benzene rings is 1. The van der Waals surface area contributed by atoms with E-state index in [1.54, 1.807) is 0 Å². The smallest absolute Gasteiger partial charge is 0.243 e. The standard InChI is InChI=1S/C18H22N6O/c1-12-17(21-16-7-5-4-6-15(16)19-12)24-10-8-23(9-11-24)13(2)18-20-14(3)22-25-18/h4-7,13H,8-11H2,1-3H3. The van der Waals surface area contributed by atoms with E-state index >= 15 is 0 Å². The van der Waals surface area contributed by atoms with Gasteiger partial charge in [0.2, 0.25) is 5.89 Å². The summed E-state index contributed by atoms with van der Waals surface area (Å²) in [5, 5.41) is 3.89. The number of aromatic nitrogens is 4. The maximum absolute atomic E-state index is 5.32. The van der Waals surface area contributed by atoms with Crippen LogP contribution in [0.3, 0.4) is 0 Å². The first-order valence-electron chi connectivity index (χ1n) is 8.64. The topological polar surface area (TPSA) is 71.2 Å². The molecule has 0 saturated carbocycles. The third kappa shape index (κ3) is 3.07. The molecular weight excluding hydrogens is 316 g/mol. The average molecular weight is 338 g/mol. The molecule has 2 aromatic heterocycles. The fraction of sp³-hybridized carbons (Fsp3) is 0.444. The van der Waals surface area contributed by atoms with E-state index in [1.807, 2.05) is 38.1 Å². The van der Waals surface area contributed by atoms with Gasteiger partial charge in [-0.1, -0.05) is 17.3 Å². The van der Waals surface area contributed by atoms with Gasteiger partial charge in [-0.05, 0) is 32.9 Å². The van der Waals surface area contributed by atoms with E-state index in [-0.39, 0.29) is 6.04 Å². The van der Waals surface area contributed by atoms with Gasteiger partial charge < -0.3 is 9.42 Å². The lowest BCUT2D eigenvalue weighted by Crippen LogP contribution is -2.47. The summed E-state index contributed by atoms with van der Waals surface area (Å²) in [6.45, 7) is 9.66. The first-order valence-corrected chi connectivity index (χ1v) is 8.64. The van der Waals surface area contributed by atoms with Crippen molar-refractivity contribution in [3.63, 3.8) is 0 Å². The third-order valence-electron chi connectivity index (χ3n) is 4.78. The van der Waals surface area contributed by atoms with Gasteiger partial charge in [0.25, 0.3) is 0 Å². The number of piperazine rings is 1. The molecule has 0 radical (unpaired) electrons. The van der Waals surface area contributed by atoms with E-state index in [0.717, 1.165) is 48.7 Å². The molecule has 0 amide bonds. The van der Waals surface area contributed by atoms with E-state index in [0.29, 0.717) is 11.7 Å². The molecule has 1 aromatic carbocycles. The molecule has 25 heavy (non-hydrogen) atoms. The Morgan fingerprint density at radius 1 is 0.960 bits per heavy atom. The Balaban J connectivity index is 1.49. The van der Waals surface area contributed by atoms with Crippen molar-refractivity contribution in [2.75, 3.05) is 31.1 Å². The molecule has 0 bridgehead atoms. The zero-order chi connectivity index (χ0) is 17.4. The summed E-state index contributed by atoms with van der Waals surface area (Å²) in [5.74, 6) is 2.36. The number of rotatable bonds is 3. The number of aryl methyl sites for hydroxylation is 2. The van der Waals surface area contributed by atoms with Gasteiger partial charge in [0.15, 0.2) is 11.6 Å². The molecule has 7 nitrogen and oxygen atoms in total. The van der Waals surface area contributed by atoms with Crippen LogP contribution in [0.15, 0.2) is 28.8 Å². The molecule has 1 atom stereocenters. The number of hydrogen-bond acceptors (Lipinski definition) is 7. The summed E-state index contributed by atoms with van der Waals surface area (Å²) >= 11 is 0. The summed E-state index contributed by atoms with van der Waals surface area (Å²) in [4.78, 5) is 18.6. The van der Waals surface area contributed by atoms with Gasteiger partial charge >= 0.3 is 0 Å². The van der Waals surface area contributed by atoms with Crippen LogP contribution in [-0.4, -0.2) is 51.2 Å². The lowest BCUT2D eigenvalue weighted by molar-refractivity contribution is 0.164. The third-order valence-corrected chi connectivity index (χ3v) is 4.78. The van der Waals surface area contributed by atoms with E-state index in [9.17, 15) is 0 Å². The highest BCUT2D eigenvalue weighted by atomic mass is 16.5. The van der Waals surface area contributed by atoms with Crippen molar-refractivity contribution in [2.45, 2.75) is 26.8 Å². The summed E-state index contributed by atoms with van der Waals surface area (Å²) in [6, 6.07) is 8.15. The second kappa shape index (κ2) is 6.40. The minimum atomic E-state index is 0.132. The second-order valence-corrected chi connectivity index (χ2v) is 6.50. The predicted molar refractivity (Wildman–Crippen MR) is 95.5 cm³/mol. The maximum atomic E-state index is 5.32. The fourth-order valence-electron chi connectivity index (χ4n) is 3.34. The van der Waals surface area contributed by atoms with Gasteiger partial charge in [-0.3, -0.25) is 4.90 Å². The lowest BCUT2D eigenvalue weighted by Gasteiger charge is -2.37. The van der Waals surface area contributed by atoms with Crippen molar-refractivity contribution in [1.29, 1.82) is 0 Å². The molecule has 0 aliphatic carbocycles. The Morgan fingerprint density at radius 3 is 2.28 bits per heavy atom. The number of para-hydroxylation sites is 2. The van der Waals surface area contributed by atoms with Crippen LogP contribution in [0.4, 0.5) is 5.82 Å². The van der Waals surface area contributed by atoms with E-state index < -0.39 is 0 Å². The Labute approximate surface area is 146 Å². The minimum absolute atomic E-state index is 0.132. The normalized spacial score (nSPS) is 17.2. The van der Waals surface area contributed by atoms with E-state index in [4.69, 9.17) is 14.5 Å². The van der Waals surface area contributed by atoms with Gasteiger partial charge in [-0.15, -0.1) is 0 Å². The van der Waals surface area contributed by atoms with Crippen molar-refractivity contribution in [3.8, 4) is 0 Å². The SMILES string of the molecule is Cc1noc(C(C)N2CCN(c3nc4ccccc4nc3C)CC2)n1. The van der Waals surface area contributed by atoms with Gasteiger partial charge in [-0.25, -0.2) is 9.97 Å². The first-order chi connectivity index (χ1) is 12.1. The van der Waals surface area contributed by atoms with Crippen LogP contribution < -0.4 is 4.90 Å². The molecule has 1 saturated heterocycles. The van der Waals surface area contributed by atoms with Crippen molar-refractivity contribution >= 4 is 16.9 Å². The number of anilines is 1. The molecular formula is C18H22N6O. The number of hydrogen-bond donors (Lipinski definition) is 0. The van der Waals surface area contributed by atoms with Crippen LogP contribution in [0.2, 0.25) is 0 Å². The molecule has 1 aliphatic rings. The molecule has 3 heterocycles. The fourth-order valence-corrected chi connectivity index (χ4v) is 3.34. The van der Waals surface area contributed by atoms with E-state index in [2.05, 4.69) is 26.9 Å². The summed E-state index contributed by atoms with van der Waals surface area (Å²) in [5.41, 5.74) is 2.87. The second-order valence-electron chi connectivity index (χ2n) is 6.50. The average Bonchev–Trinajstić information content (AvgIpc) is 3.07. The Kier molecular flexibility index (Phi) is 4.09. The number of fused-ring (bicyclic) bond motifs is 1. The van der Waals surface area contributed by atoms with Gasteiger partial charge in [-0.2, -0.15) is 4.98 Å². The highest BCUT2D eigenvalue weighted by Crippen LogP contribution is 2.24. The number of nitrogens with zero attached hydrogens (tertiary/aromatic N) is 6. The molecule has 1 unspecified atom stereocenters. The molecule has 1 fully saturated rings. The van der Waals surface area contributed by atoms with Crippen molar-refractivity contribution < 1.29 is 4.52 Å². The minimum Gasteiger partial charge on any atom is -0.353 e.